The second-order valence-electron chi connectivity index (χ2n) is 5.83. The number of nitrogens with zero attached hydrogens (tertiary/aromatic N) is 2. The molecular weight excluding hydrogens is 282 g/mol. The lowest BCUT2D eigenvalue weighted by atomic mass is 10.1. The van der Waals surface area contributed by atoms with E-state index >= 15 is 0 Å². The van der Waals surface area contributed by atoms with Crippen LogP contribution in [0.3, 0.4) is 0 Å². The van der Waals surface area contributed by atoms with Gasteiger partial charge in [-0.2, -0.15) is 0 Å². The molecule has 4 aromatic rings. The van der Waals surface area contributed by atoms with Crippen LogP contribution in [-0.4, -0.2) is 16.6 Å². The molecule has 3 heteroatoms. The summed E-state index contributed by atoms with van der Waals surface area (Å²) in [6.45, 7) is 2.17. The number of benzene rings is 2. The minimum absolute atomic E-state index is 0.316. The van der Waals surface area contributed by atoms with Crippen molar-refractivity contribution in [3.8, 4) is 5.69 Å². The van der Waals surface area contributed by atoms with Crippen molar-refractivity contribution in [3.05, 3.63) is 72.4 Å². The summed E-state index contributed by atoms with van der Waals surface area (Å²) in [5.41, 5.74) is 4.61. The molecule has 1 atom stereocenters. The highest BCUT2D eigenvalue weighted by Gasteiger charge is 2.13. The third kappa shape index (κ3) is 2.21. The average Bonchev–Trinajstić information content (AvgIpc) is 2.96. The first kappa shape index (κ1) is 14.0. The van der Waals surface area contributed by atoms with E-state index in [4.69, 9.17) is 0 Å². The number of aromatic nitrogens is 2. The highest BCUT2D eigenvalue weighted by molar-refractivity contribution is 6.07. The smallest absolute Gasteiger partial charge is 0.145 e. The number of pyridine rings is 1. The van der Waals surface area contributed by atoms with Crippen molar-refractivity contribution in [1.82, 2.24) is 14.9 Å². The van der Waals surface area contributed by atoms with E-state index in [0.717, 1.165) is 11.3 Å². The fourth-order valence-corrected chi connectivity index (χ4v) is 3.16. The molecule has 0 aliphatic rings. The topological polar surface area (TPSA) is 29.9 Å². The maximum atomic E-state index is 4.64. The van der Waals surface area contributed by atoms with Gasteiger partial charge in [-0.05, 0) is 49.9 Å². The van der Waals surface area contributed by atoms with Gasteiger partial charge in [-0.1, -0.05) is 30.3 Å². The molecule has 0 spiro atoms. The molecule has 1 unspecified atom stereocenters. The minimum Gasteiger partial charge on any atom is -0.313 e. The lowest BCUT2D eigenvalue weighted by Crippen LogP contribution is -2.12. The van der Waals surface area contributed by atoms with Gasteiger partial charge in [0.1, 0.15) is 5.65 Å². The van der Waals surface area contributed by atoms with Crippen LogP contribution in [0.1, 0.15) is 18.5 Å². The summed E-state index contributed by atoms with van der Waals surface area (Å²) < 4.78 is 2.25. The molecule has 2 aromatic carbocycles. The quantitative estimate of drug-likeness (QED) is 0.605. The van der Waals surface area contributed by atoms with Crippen molar-refractivity contribution in [1.29, 1.82) is 0 Å². The number of hydrogen-bond donors (Lipinski definition) is 1. The first-order chi connectivity index (χ1) is 11.3. The Morgan fingerprint density at radius 1 is 0.957 bits per heavy atom. The molecule has 23 heavy (non-hydrogen) atoms. The molecule has 0 saturated heterocycles. The molecular formula is C20H19N3. The predicted molar refractivity (Wildman–Crippen MR) is 96.1 cm³/mol. The average molecular weight is 301 g/mol. The number of rotatable bonds is 3. The second-order valence-corrected chi connectivity index (χ2v) is 5.83. The van der Waals surface area contributed by atoms with Gasteiger partial charge in [0.15, 0.2) is 0 Å². The molecule has 3 nitrogen and oxygen atoms in total. The summed E-state index contributed by atoms with van der Waals surface area (Å²) >= 11 is 0. The van der Waals surface area contributed by atoms with E-state index in [2.05, 4.69) is 76.4 Å². The maximum absolute atomic E-state index is 4.64. The van der Waals surface area contributed by atoms with Gasteiger partial charge < -0.3 is 5.32 Å². The maximum Gasteiger partial charge on any atom is 0.145 e. The van der Waals surface area contributed by atoms with Crippen molar-refractivity contribution in [2.45, 2.75) is 13.0 Å². The highest BCUT2D eigenvalue weighted by Crippen LogP contribution is 2.31. The summed E-state index contributed by atoms with van der Waals surface area (Å²) in [4.78, 5) is 4.64. The molecule has 4 rings (SSSR count). The van der Waals surface area contributed by atoms with Gasteiger partial charge in [0.25, 0.3) is 0 Å². The van der Waals surface area contributed by atoms with E-state index in [1.54, 1.807) is 0 Å². The van der Waals surface area contributed by atoms with E-state index in [-0.39, 0.29) is 0 Å². The molecule has 0 fully saturated rings. The van der Waals surface area contributed by atoms with Crippen molar-refractivity contribution >= 4 is 21.9 Å². The molecule has 1 N–H and O–H groups in total. The van der Waals surface area contributed by atoms with Crippen LogP contribution in [-0.2, 0) is 0 Å². The largest absolute Gasteiger partial charge is 0.313 e. The lowest BCUT2D eigenvalue weighted by molar-refractivity contribution is 0.652. The Kier molecular flexibility index (Phi) is 3.36. The van der Waals surface area contributed by atoms with Crippen molar-refractivity contribution in [2.75, 3.05) is 7.05 Å². The SMILES string of the molecule is CNC(C)c1cccc(-n2c3ccccc3c3cccnc32)c1. The summed E-state index contributed by atoms with van der Waals surface area (Å²) in [5.74, 6) is 0. The summed E-state index contributed by atoms with van der Waals surface area (Å²) in [5, 5.41) is 5.73. The lowest BCUT2D eigenvalue weighted by Gasteiger charge is -2.13. The molecule has 114 valence electrons. The van der Waals surface area contributed by atoms with Crippen LogP contribution in [0, 0.1) is 0 Å². The Bertz CT molecular complexity index is 931. The van der Waals surface area contributed by atoms with Crippen molar-refractivity contribution in [3.63, 3.8) is 0 Å². The number of para-hydroxylation sites is 1. The third-order valence-electron chi connectivity index (χ3n) is 4.50. The molecule has 0 amide bonds. The van der Waals surface area contributed by atoms with Crippen molar-refractivity contribution in [2.24, 2.45) is 0 Å². The molecule has 0 radical (unpaired) electrons. The Labute approximate surface area is 135 Å². The standard InChI is InChI=1S/C20H19N3/c1-14(21-2)15-7-5-8-16(13-15)23-19-11-4-3-9-17(19)18-10-6-12-22-20(18)23/h3-14,21H,1-2H3. The first-order valence-corrected chi connectivity index (χ1v) is 7.91. The molecule has 0 bridgehead atoms. The van der Waals surface area contributed by atoms with Gasteiger partial charge in [-0.25, -0.2) is 4.98 Å². The summed E-state index contributed by atoms with van der Waals surface area (Å²) in [6.07, 6.45) is 1.86. The Morgan fingerprint density at radius 2 is 1.78 bits per heavy atom. The van der Waals surface area contributed by atoms with Crippen LogP contribution < -0.4 is 5.32 Å². The zero-order valence-electron chi connectivity index (χ0n) is 13.3. The van der Waals surface area contributed by atoms with Gasteiger partial charge in [-0.15, -0.1) is 0 Å². The second kappa shape index (κ2) is 5.52. The molecule has 2 aromatic heterocycles. The van der Waals surface area contributed by atoms with Gasteiger partial charge in [0.05, 0.1) is 5.52 Å². The van der Waals surface area contributed by atoms with E-state index in [9.17, 15) is 0 Å². The number of fused-ring (bicyclic) bond motifs is 3. The van der Waals surface area contributed by atoms with Gasteiger partial charge in [-0.3, -0.25) is 4.57 Å². The van der Waals surface area contributed by atoms with E-state index in [1.165, 1.54) is 21.9 Å². The predicted octanol–water partition coefficient (Wildman–Crippen LogP) is 4.46. The monoisotopic (exact) mass is 301 g/mol. The molecule has 0 saturated carbocycles. The summed E-state index contributed by atoms with van der Waals surface area (Å²) in [7, 11) is 1.99. The van der Waals surface area contributed by atoms with Crippen molar-refractivity contribution < 1.29 is 0 Å². The normalized spacial score (nSPS) is 12.8. The van der Waals surface area contributed by atoms with Crippen LogP contribution in [0.5, 0.6) is 0 Å². The van der Waals surface area contributed by atoms with Gasteiger partial charge >= 0.3 is 0 Å². The highest BCUT2D eigenvalue weighted by atomic mass is 15.0. The fraction of sp³-hybridized carbons (Fsp3) is 0.150. The molecule has 0 aliphatic carbocycles. The van der Waals surface area contributed by atoms with E-state index in [1.807, 2.05) is 19.3 Å². The minimum atomic E-state index is 0.316. The van der Waals surface area contributed by atoms with Crippen LogP contribution >= 0.6 is 0 Å². The van der Waals surface area contributed by atoms with Gasteiger partial charge in [0, 0.05) is 28.7 Å². The van der Waals surface area contributed by atoms with Crippen LogP contribution in [0.15, 0.2) is 66.9 Å². The van der Waals surface area contributed by atoms with Crippen LogP contribution in [0.4, 0.5) is 0 Å². The Morgan fingerprint density at radius 3 is 2.65 bits per heavy atom. The zero-order chi connectivity index (χ0) is 15.8. The number of hydrogen-bond acceptors (Lipinski definition) is 2. The van der Waals surface area contributed by atoms with Crippen LogP contribution in [0.25, 0.3) is 27.6 Å². The van der Waals surface area contributed by atoms with Gasteiger partial charge in [0.2, 0.25) is 0 Å². The summed E-state index contributed by atoms with van der Waals surface area (Å²) in [6, 6.07) is 21.6. The zero-order valence-corrected chi connectivity index (χ0v) is 13.3. The Balaban J connectivity index is 2.05. The molecule has 0 aliphatic heterocycles. The fourth-order valence-electron chi connectivity index (χ4n) is 3.16. The third-order valence-corrected chi connectivity index (χ3v) is 4.50. The van der Waals surface area contributed by atoms with Crippen LogP contribution in [0.2, 0.25) is 0 Å². The van der Waals surface area contributed by atoms with E-state index in [0.29, 0.717) is 6.04 Å². The molecule has 2 heterocycles. The Hall–Kier alpha value is -2.65. The first-order valence-electron chi connectivity index (χ1n) is 7.91. The van der Waals surface area contributed by atoms with E-state index < -0.39 is 0 Å². The number of nitrogens with one attached hydrogen (secondary N) is 1.